The SMILES string of the molecule is C[C@H](Sc1nc2ccccc2c(=O)n1-c1ccccc1F)C(=O)Nc1ccc2c(c1)OCCO2. The monoisotopic (exact) mass is 477 g/mol. The van der Waals surface area contributed by atoms with Crippen LogP contribution in [0.5, 0.6) is 11.5 Å². The van der Waals surface area contributed by atoms with Crippen LogP contribution in [0.3, 0.4) is 0 Å². The van der Waals surface area contributed by atoms with Crippen molar-refractivity contribution in [3.8, 4) is 17.2 Å². The minimum atomic E-state index is -0.640. The molecule has 1 atom stereocenters. The fourth-order valence-corrected chi connectivity index (χ4v) is 4.53. The van der Waals surface area contributed by atoms with Crippen LogP contribution in [0.15, 0.2) is 76.7 Å². The minimum Gasteiger partial charge on any atom is -0.486 e. The van der Waals surface area contributed by atoms with Gasteiger partial charge in [0.25, 0.3) is 5.56 Å². The summed E-state index contributed by atoms with van der Waals surface area (Å²) in [6.45, 7) is 2.62. The molecule has 1 amide bonds. The van der Waals surface area contributed by atoms with E-state index in [1.807, 2.05) is 0 Å². The molecule has 0 bridgehead atoms. The van der Waals surface area contributed by atoms with Crippen LogP contribution >= 0.6 is 11.8 Å². The van der Waals surface area contributed by atoms with Crippen molar-refractivity contribution >= 4 is 34.3 Å². The lowest BCUT2D eigenvalue weighted by atomic mass is 10.2. The molecule has 0 aliphatic carbocycles. The highest BCUT2D eigenvalue weighted by atomic mass is 32.2. The molecule has 7 nitrogen and oxygen atoms in total. The van der Waals surface area contributed by atoms with Crippen molar-refractivity contribution in [2.24, 2.45) is 0 Å². The van der Waals surface area contributed by atoms with Gasteiger partial charge in [-0.05, 0) is 43.3 Å². The maximum Gasteiger partial charge on any atom is 0.266 e. The molecule has 0 spiro atoms. The van der Waals surface area contributed by atoms with E-state index in [-0.39, 0.29) is 16.8 Å². The number of carbonyl (C=O) groups excluding carboxylic acids is 1. The van der Waals surface area contributed by atoms with Crippen molar-refractivity contribution in [3.05, 3.63) is 82.9 Å². The first-order valence-corrected chi connectivity index (χ1v) is 11.5. The van der Waals surface area contributed by atoms with Crippen molar-refractivity contribution in [3.63, 3.8) is 0 Å². The number of nitrogens with zero attached hydrogens (tertiary/aromatic N) is 2. The van der Waals surface area contributed by atoms with Crippen LogP contribution in [0.4, 0.5) is 10.1 Å². The van der Waals surface area contributed by atoms with E-state index in [2.05, 4.69) is 10.3 Å². The van der Waals surface area contributed by atoms with E-state index >= 15 is 0 Å². The lowest BCUT2D eigenvalue weighted by Crippen LogP contribution is -2.26. The highest BCUT2D eigenvalue weighted by Gasteiger charge is 2.22. The van der Waals surface area contributed by atoms with E-state index in [0.29, 0.717) is 41.3 Å². The number of ether oxygens (including phenoxy) is 2. The summed E-state index contributed by atoms with van der Waals surface area (Å²) in [5, 5.41) is 2.80. The third kappa shape index (κ3) is 4.22. The van der Waals surface area contributed by atoms with Gasteiger partial charge in [0.2, 0.25) is 5.91 Å². The average molecular weight is 478 g/mol. The number of amides is 1. The topological polar surface area (TPSA) is 82.5 Å². The van der Waals surface area contributed by atoms with Gasteiger partial charge in [-0.2, -0.15) is 0 Å². The molecule has 2 heterocycles. The molecule has 3 aromatic carbocycles. The predicted octanol–water partition coefficient (Wildman–Crippen LogP) is 4.42. The zero-order chi connectivity index (χ0) is 23.7. The first kappa shape index (κ1) is 22.0. The van der Waals surface area contributed by atoms with Crippen LogP contribution in [0.25, 0.3) is 16.6 Å². The summed E-state index contributed by atoms with van der Waals surface area (Å²) in [6.07, 6.45) is 0. The van der Waals surface area contributed by atoms with Gasteiger partial charge in [0.15, 0.2) is 16.7 Å². The Bertz CT molecular complexity index is 1460. The largest absolute Gasteiger partial charge is 0.486 e. The second-order valence-corrected chi connectivity index (χ2v) is 8.92. The number of rotatable bonds is 5. The van der Waals surface area contributed by atoms with Gasteiger partial charge >= 0.3 is 0 Å². The van der Waals surface area contributed by atoms with Gasteiger partial charge < -0.3 is 14.8 Å². The molecular weight excluding hydrogens is 457 g/mol. The molecule has 0 saturated carbocycles. The van der Waals surface area contributed by atoms with Crippen LogP contribution in [0.1, 0.15) is 6.92 Å². The van der Waals surface area contributed by atoms with E-state index in [4.69, 9.17) is 9.47 Å². The quantitative estimate of drug-likeness (QED) is 0.339. The van der Waals surface area contributed by atoms with Crippen molar-refractivity contribution < 1.29 is 18.7 Å². The number of nitrogens with one attached hydrogen (secondary N) is 1. The lowest BCUT2D eigenvalue weighted by molar-refractivity contribution is -0.115. The molecular formula is C25H20FN3O4S. The molecule has 1 N–H and O–H groups in total. The van der Waals surface area contributed by atoms with Gasteiger partial charge in [-0.25, -0.2) is 9.37 Å². The highest BCUT2D eigenvalue weighted by molar-refractivity contribution is 8.00. The maximum atomic E-state index is 14.7. The average Bonchev–Trinajstić information content (AvgIpc) is 2.85. The van der Waals surface area contributed by atoms with Crippen molar-refractivity contribution in [1.82, 2.24) is 9.55 Å². The maximum absolute atomic E-state index is 14.7. The number of anilines is 1. The zero-order valence-electron chi connectivity index (χ0n) is 18.2. The van der Waals surface area contributed by atoms with Gasteiger partial charge in [-0.15, -0.1) is 0 Å². The fourth-order valence-electron chi connectivity index (χ4n) is 3.61. The third-order valence-electron chi connectivity index (χ3n) is 5.30. The van der Waals surface area contributed by atoms with Crippen molar-refractivity contribution in [2.75, 3.05) is 18.5 Å². The predicted molar refractivity (Wildman–Crippen MR) is 129 cm³/mol. The Labute approximate surface area is 198 Å². The summed E-state index contributed by atoms with van der Waals surface area (Å²) in [7, 11) is 0. The second kappa shape index (κ2) is 9.18. The third-order valence-corrected chi connectivity index (χ3v) is 6.35. The first-order chi connectivity index (χ1) is 16.5. The number of para-hydroxylation sites is 2. The summed E-state index contributed by atoms with van der Waals surface area (Å²) in [6, 6.07) is 18.0. The summed E-state index contributed by atoms with van der Waals surface area (Å²) in [4.78, 5) is 30.8. The molecule has 1 aliphatic heterocycles. The standard InChI is InChI=1S/C25H20FN3O4S/c1-15(23(30)27-16-10-11-21-22(14-16)33-13-12-32-21)34-25-28-19-8-4-2-6-17(19)24(31)29(25)20-9-5-3-7-18(20)26/h2-11,14-15H,12-13H2,1H3,(H,27,30)/t15-/m0/s1. The Morgan fingerprint density at radius 2 is 1.79 bits per heavy atom. The number of hydrogen-bond donors (Lipinski definition) is 1. The minimum absolute atomic E-state index is 0.0766. The number of fused-ring (bicyclic) bond motifs is 2. The van der Waals surface area contributed by atoms with Crippen molar-refractivity contribution in [2.45, 2.75) is 17.3 Å². The molecule has 0 fully saturated rings. The second-order valence-electron chi connectivity index (χ2n) is 7.61. The fraction of sp³-hybridized carbons (Fsp3) is 0.160. The van der Waals surface area contributed by atoms with Gasteiger partial charge in [0.05, 0.1) is 21.8 Å². The lowest BCUT2D eigenvalue weighted by Gasteiger charge is -2.20. The molecule has 5 rings (SSSR count). The number of carbonyl (C=O) groups is 1. The molecule has 34 heavy (non-hydrogen) atoms. The Kier molecular flexibility index (Phi) is 5.93. The number of thioether (sulfide) groups is 1. The van der Waals surface area contributed by atoms with E-state index in [1.54, 1.807) is 61.5 Å². The molecule has 0 saturated heterocycles. The molecule has 4 aromatic rings. The van der Waals surface area contributed by atoms with Gasteiger partial charge in [-0.1, -0.05) is 36.0 Å². The Morgan fingerprint density at radius 3 is 2.62 bits per heavy atom. The van der Waals surface area contributed by atoms with E-state index in [9.17, 15) is 14.0 Å². The Morgan fingerprint density at radius 1 is 1.06 bits per heavy atom. The van der Waals surface area contributed by atoms with Crippen LogP contribution in [0.2, 0.25) is 0 Å². The van der Waals surface area contributed by atoms with Gasteiger partial charge in [-0.3, -0.25) is 14.2 Å². The molecule has 9 heteroatoms. The molecule has 0 radical (unpaired) electrons. The molecule has 1 aliphatic rings. The number of halogens is 1. The van der Waals surface area contributed by atoms with Crippen molar-refractivity contribution in [1.29, 1.82) is 0 Å². The van der Waals surface area contributed by atoms with Crippen LogP contribution in [0, 0.1) is 5.82 Å². The summed E-state index contributed by atoms with van der Waals surface area (Å²) in [5.41, 5.74) is 0.701. The van der Waals surface area contributed by atoms with Gasteiger partial charge in [0, 0.05) is 11.8 Å². The number of hydrogen-bond acceptors (Lipinski definition) is 6. The summed E-state index contributed by atoms with van der Waals surface area (Å²) >= 11 is 1.08. The smallest absolute Gasteiger partial charge is 0.266 e. The summed E-state index contributed by atoms with van der Waals surface area (Å²) < 4.78 is 27.0. The van der Waals surface area contributed by atoms with Crippen LogP contribution in [-0.4, -0.2) is 33.9 Å². The highest BCUT2D eigenvalue weighted by Crippen LogP contribution is 2.33. The first-order valence-electron chi connectivity index (χ1n) is 10.6. The van der Waals surface area contributed by atoms with Gasteiger partial charge in [0.1, 0.15) is 19.0 Å². The summed E-state index contributed by atoms with van der Waals surface area (Å²) in [5.74, 6) is 0.330. The molecule has 172 valence electrons. The number of benzene rings is 3. The Balaban J connectivity index is 1.47. The van der Waals surface area contributed by atoms with E-state index < -0.39 is 16.6 Å². The molecule has 0 unspecified atom stereocenters. The van der Waals surface area contributed by atoms with Crippen LogP contribution < -0.4 is 20.3 Å². The normalized spacial score (nSPS) is 13.5. The Hall–Kier alpha value is -3.85. The number of aromatic nitrogens is 2. The van der Waals surface area contributed by atoms with Crippen LogP contribution in [-0.2, 0) is 4.79 Å². The zero-order valence-corrected chi connectivity index (χ0v) is 19.0. The van der Waals surface area contributed by atoms with E-state index in [0.717, 1.165) is 11.8 Å². The molecule has 1 aromatic heterocycles. The van der Waals surface area contributed by atoms with E-state index in [1.165, 1.54) is 16.7 Å².